The number of piperidine rings is 1. The highest BCUT2D eigenvalue weighted by Crippen LogP contribution is 2.38. The first-order valence-electron chi connectivity index (χ1n) is 14.1. The SMILES string of the molecule is Cc1ccc2c(NCC3CCOC3)cccc2c1Oc1ncccc1-c1ccnc(NC2CCCN(C(=O)O)C2)n1. The minimum Gasteiger partial charge on any atom is -0.465 e. The maximum absolute atomic E-state index is 11.4. The molecule has 2 aromatic carbocycles. The van der Waals surface area contributed by atoms with Gasteiger partial charge in [-0.3, -0.25) is 0 Å². The smallest absolute Gasteiger partial charge is 0.407 e. The van der Waals surface area contributed by atoms with Crippen molar-refractivity contribution in [3.8, 4) is 22.9 Å². The molecular weight excluding hydrogens is 520 g/mol. The molecular formula is C31H34N6O4. The normalized spacial score (nSPS) is 18.8. The largest absolute Gasteiger partial charge is 0.465 e. The number of pyridine rings is 1. The van der Waals surface area contributed by atoms with E-state index in [9.17, 15) is 9.90 Å². The average Bonchev–Trinajstić information content (AvgIpc) is 3.52. The summed E-state index contributed by atoms with van der Waals surface area (Å²) in [5, 5.41) is 18.4. The molecule has 2 fully saturated rings. The molecule has 0 bridgehead atoms. The minimum atomic E-state index is -0.904. The van der Waals surface area contributed by atoms with Crippen molar-refractivity contribution >= 4 is 28.5 Å². The van der Waals surface area contributed by atoms with Gasteiger partial charge in [-0.1, -0.05) is 24.3 Å². The van der Waals surface area contributed by atoms with Crippen LogP contribution in [0.1, 0.15) is 24.8 Å². The van der Waals surface area contributed by atoms with Crippen LogP contribution < -0.4 is 15.4 Å². The Balaban J connectivity index is 1.26. The summed E-state index contributed by atoms with van der Waals surface area (Å²) in [6.07, 6.45) is 5.22. The molecule has 2 aliphatic heterocycles. The first-order chi connectivity index (χ1) is 20.0. The van der Waals surface area contributed by atoms with E-state index in [2.05, 4.69) is 44.9 Å². The van der Waals surface area contributed by atoms with Crippen LogP contribution in [0.4, 0.5) is 16.4 Å². The fourth-order valence-electron chi connectivity index (χ4n) is 5.52. The summed E-state index contributed by atoms with van der Waals surface area (Å²) in [6, 6.07) is 16.0. The number of nitrogens with one attached hydrogen (secondary N) is 2. The van der Waals surface area contributed by atoms with Crippen LogP contribution in [0.2, 0.25) is 0 Å². The van der Waals surface area contributed by atoms with Gasteiger partial charge >= 0.3 is 6.09 Å². The summed E-state index contributed by atoms with van der Waals surface area (Å²) in [7, 11) is 0. The third-order valence-electron chi connectivity index (χ3n) is 7.74. The number of rotatable bonds is 8. The van der Waals surface area contributed by atoms with Gasteiger partial charge in [0.25, 0.3) is 0 Å². The predicted molar refractivity (Wildman–Crippen MR) is 158 cm³/mol. The highest BCUT2D eigenvalue weighted by molar-refractivity contribution is 5.98. The van der Waals surface area contributed by atoms with E-state index in [1.165, 1.54) is 4.90 Å². The van der Waals surface area contributed by atoms with E-state index in [1.54, 1.807) is 12.4 Å². The third-order valence-corrected chi connectivity index (χ3v) is 7.74. The molecule has 10 nitrogen and oxygen atoms in total. The topological polar surface area (TPSA) is 122 Å². The van der Waals surface area contributed by atoms with E-state index >= 15 is 0 Å². The van der Waals surface area contributed by atoms with Gasteiger partial charge in [-0.2, -0.15) is 0 Å². The number of ether oxygens (including phenoxy) is 2. The van der Waals surface area contributed by atoms with Gasteiger partial charge in [0, 0.05) is 67.1 Å². The van der Waals surface area contributed by atoms with Crippen molar-refractivity contribution in [1.82, 2.24) is 19.9 Å². The maximum atomic E-state index is 11.4. The van der Waals surface area contributed by atoms with Crippen LogP contribution in [0.3, 0.4) is 0 Å². The number of likely N-dealkylation sites (tertiary alicyclic amines) is 1. The first-order valence-corrected chi connectivity index (χ1v) is 14.1. The van der Waals surface area contributed by atoms with Crippen LogP contribution >= 0.6 is 0 Å². The number of anilines is 2. The number of carbonyl (C=O) groups is 1. The van der Waals surface area contributed by atoms with Gasteiger partial charge in [0.1, 0.15) is 5.75 Å². The Hall–Kier alpha value is -4.44. The standard InChI is InChI=1S/C31H34N6O4/c1-20-9-10-23-24(6-2-8-26(23)34-17-21-12-16-40-19-21)28(20)41-29-25(7-3-13-32-29)27-11-14-33-30(36-27)35-22-5-4-15-37(18-22)31(38)39/h2-3,6-11,13-14,21-22,34H,4-5,12,15-19H2,1H3,(H,38,39)(H,33,35,36). The first kappa shape index (κ1) is 26.8. The molecule has 6 rings (SSSR count). The highest BCUT2D eigenvalue weighted by atomic mass is 16.5. The second kappa shape index (κ2) is 12.0. The number of benzene rings is 2. The Morgan fingerprint density at radius 2 is 2.02 bits per heavy atom. The van der Waals surface area contributed by atoms with Crippen LogP contribution in [0.25, 0.3) is 22.0 Å². The maximum Gasteiger partial charge on any atom is 0.407 e. The molecule has 10 heteroatoms. The summed E-state index contributed by atoms with van der Waals surface area (Å²) in [5.41, 5.74) is 3.47. The molecule has 2 atom stereocenters. The Morgan fingerprint density at radius 1 is 1.10 bits per heavy atom. The minimum absolute atomic E-state index is 0.0537. The molecule has 0 saturated carbocycles. The Morgan fingerprint density at radius 3 is 2.88 bits per heavy atom. The van der Waals surface area contributed by atoms with Crippen LogP contribution in [0.5, 0.6) is 11.6 Å². The van der Waals surface area contributed by atoms with Gasteiger partial charge in [0.05, 0.1) is 17.9 Å². The van der Waals surface area contributed by atoms with E-state index in [-0.39, 0.29) is 6.04 Å². The van der Waals surface area contributed by atoms with E-state index < -0.39 is 6.09 Å². The molecule has 0 radical (unpaired) electrons. The van der Waals surface area contributed by atoms with Gasteiger partial charge in [-0.15, -0.1) is 0 Å². The number of aromatic nitrogens is 3. The lowest BCUT2D eigenvalue weighted by atomic mass is 10.0. The highest BCUT2D eigenvalue weighted by Gasteiger charge is 2.24. The fourth-order valence-corrected chi connectivity index (χ4v) is 5.52. The van der Waals surface area contributed by atoms with Crippen molar-refractivity contribution < 1.29 is 19.4 Å². The number of carboxylic acid groups (broad SMARTS) is 1. The summed E-state index contributed by atoms with van der Waals surface area (Å²) in [6.45, 7) is 5.48. The van der Waals surface area contributed by atoms with E-state index in [0.717, 1.165) is 72.4 Å². The molecule has 2 unspecified atom stereocenters. The molecule has 1 amide bonds. The molecule has 2 aliphatic rings. The van der Waals surface area contributed by atoms with Crippen molar-refractivity contribution in [2.24, 2.45) is 5.92 Å². The lowest BCUT2D eigenvalue weighted by Crippen LogP contribution is -2.44. The number of hydrogen-bond acceptors (Lipinski definition) is 8. The Labute approximate surface area is 238 Å². The zero-order valence-corrected chi connectivity index (χ0v) is 23.0. The average molecular weight is 555 g/mol. The quantitative estimate of drug-likeness (QED) is 0.248. The summed E-state index contributed by atoms with van der Waals surface area (Å²) in [4.78, 5) is 26.6. The molecule has 41 heavy (non-hydrogen) atoms. The molecule has 212 valence electrons. The van der Waals surface area contributed by atoms with Crippen LogP contribution in [0, 0.1) is 12.8 Å². The van der Waals surface area contributed by atoms with Gasteiger partial charge < -0.3 is 30.1 Å². The van der Waals surface area contributed by atoms with Crippen LogP contribution in [-0.4, -0.2) is 69.9 Å². The second-order valence-electron chi connectivity index (χ2n) is 10.7. The van der Waals surface area contributed by atoms with Crippen molar-refractivity contribution in [3.63, 3.8) is 0 Å². The zero-order chi connectivity index (χ0) is 28.2. The van der Waals surface area contributed by atoms with Crippen molar-refractivity contribution in [2.45, 2.75) is 32.2 Å². The van der Waals surface area contributed by atoms with E-state index in [0.29, 0.717) is 36.5 Å². The van der Waals surface area contributed by atoms with Gasteiger partial charge in [0.15, 0.2) is 0 Å². The van der Waals surface area contributed by atoms with Gasteiger partial charge in [-0.05, 0) is 56.0 Å². The molecule has 3 N–H and O–H groups in total. The fraction of sp³-hybridized carbons (Fsp3) is 0.355. The van der Waals surface area contributed by atoms with Crippen molar-refractivity contribution in [1.29, 1.82) is 0 Å². The summed E-state index contributed by atoms with van der Waals surface area (Å²) >= 11 is 0. The molecule has 4 aromatic rings. The molecule has 4 heterocycles. The van der Waals surface area contributed by atoms with E-state index in [1.807, 2.05) is 31.2 Å². The lowest BCUT2D eigenvalue weighted by molar-refractivity contribution is 0.132. The van der Waals surface area contributed by atoms with Crippen molar-refractivity contribution in [3.05, 3.63) is 66.5 Å². The molecule has 2 aromatic heterocycles. The summed E-state index contributed by atoms with van der Waals surface area (Å²) in [5.74, 6) is 2.16. The van der Waals surface area contributed by atoms with Gasteiger partial charge in [-0.25, -0.2) is 19.7 Å². The van der Waals surface area contributed by atoms with Gasteiger partial charge in [0.2, 0.25) is 11.8 Å². The molecule has 0 spiro atoms. The lowest BCUT2D eigenvalue weighted by Gasteiger charge is -2.31. The summed E-state index contributed by atoms with van der Waals surface area (Å²) < 4.78 is 12.1. The zero-order valence-electron chi connectivity index (χ0n) is 23.0. The number of nitrogens with zero attached hydrogens (tertiary/aromatic N) is 4. The third kappa shape index (κ3) is 6.02. The van der Waals surface area contributed by atoms with Crippen molar-refractivity contribution in [2.75, 3.05) is 43.5 Å². The Kier molecular flexibility index (Phi) is 7.82. The van der Waals surface area contributed by atoms with E-state index in [4.69, 9.17) is 14.5 Å². The number of aryl methyl sites for hydroxylation is 1. The predicted octanol–water partition coefficient (Wildman–Crippen LogP) is 5.80. The number of hydrogen-bond donors (Lipinski definition) is 3. The second-order valence-corrected chi connectivity index (χ2v) is 10.7. The molecule has 2 saturated heterocycles. The Bertz CT molecular complexity index is 1540. The van der Waals surface area contributed by atoms with Crippen LogP contribution in [-0.2, 0) is 4.74 Å². The molecule has 0 aliphatic carbocycles. The number of fused-ring (bicyclic) bond motifs is 1. The monoisotopic (exact) mass is 554 g/mol. The number of amides is 1. The van der Waals surface area contributed by atoms with Crippen LogP contribution in [0.15, 0.2) is 60.9 Å².